The molecule has 1 amide bonds. The van der Waals surface area contributed by atoms with Crippen LogP contribution in [0, 0.1) is 0 Å². The van der Waals surface area contributed by atoms with Gasteiger partial charge in [0.25, 0.3) is 5.91 Å². The standard InChI is InChI=1S/C22H22N2O3S/c1-3-15-23-28(26,27)19-13-11-18(12-14-19)22(25)24-16(2)20-10-6-8-17-7-4-5-9-21(17)20/h3-14,16,23H,1,15H2,2H3,(H,24,25). The van der Waals surface area contributed by atoms with Gasteiger partial charge >= 0.3 is 0 Å². The van der Waals surface area contributed by atoms with Gasteiger partial charge in [0, 0.05) is 12.1 Å². The molecule has 1 atom stereocenters. The van der Waals surface area contributed by atoms with Crippen molar-refractivity contribution in [1.82, 2.24) is 10.0 Å². The molecule has 0 radical (unpaired) electrons. The number of fused-ring (bicyclic) bond motifs is 1. The van der Waals surface area contributed by atoms with Gasteiger partial charge in [-0.05, 0) is 47.5 Å². The molecule has 0 saturated heterocycles. The van der Waals surface area contributed by atoms with Crippen molar-refractivity contribution in [3.8, 4) is 0 Å². The number of hydrogen-bond acceptors (Lipinski definition) is 3. The molecule has 0 fully saturated rings. The highest BCUT2D eigenvalue weighted by molar-refractivity contribution is 7.89. The molecular formula is C22H22N2O3S. The van der Waals surface area contributed by atoms with Crippen molar-refractivity contribution in [3.05, 3.63) is 90.5 Å². The molecule has 6 heteroatoms. The van der Waals surface area contributed by atoms with E-state index >= 15 is 0 Å². The Hall–Kier alpha value is -2.96. The predicted molar refractivity (Wildman–Crippen MR) is 112 cm³/mol. The minimum atomic E-state index is -3.61. The van der Waals surface area contributed by atoms with Gasteiger partial charge in [-0.15, -0.1) is 6.58 Å². The van der Waals surface area contributed by atoms with Gasteiger partial charge in [0.2, 0.25) is 10.0 Å². The molecule has 0 aromatic heterocycles. The Bertz CT molecular complexity index is 1100. The van der Waals surface area contributed by atoms with Gasteiger partial charge in [-0.25, -0.2) is 13.1 Å². The minimum Gasteiger partial charge on any atom is -0.345 e. The molecule has 0 aliphatic rings. The summed E-state index contributed by atoms with van der Waals surface area (Å²) in [4.78, 5) is 12.7. The first kappa shape index (κ1) is 19.8. The summed E-state index contributed by atoms with van der Waals surface area (Å²) >= 11 is 0. The number of hydrogen-bond donors (Lipinski definition) is 2. The van der Waals surface area contributed by atoms with Crippen LogP contribution in [0.1, 0.15) is 28.9 Å². The largest absolute Gasteiger partial charge is 0.345 e. The van der Waals surface area contributed by atoms with Crippen molar-refractivity contribution >= 4 is 26.7 Å². The average molecular weight is 394 g/mol. The maximum Gasteiger partial charge on any atom is 0.251 e. The van der Waals surface area contributed by atoms with E-state index in [9.17, 15) is 13.2 Å². The van der Waals surface area contributed by atoms with Crippen molar-refractivity contribution in [2.45, 2.75) is 17.9 Å². The molecule has 0 bridgehead atoms. The van der Waals surface area contributed by atoms with Crippen molar-refractivity contribution in [2.24, 2.45) is 0 Å². The van der Waals surface area contributed by atoms with Crippen molar-refractivity contribution < 1.29 is 13.2 Å². The number of nitrogens with one attached hydrogen (secondary N) is 2. The van der Waals surface area contributed by atoms with Gasteiger partial charge in [-0.1, -0.05) is 48.5 Å². The molecule has 2 N–H and O–H groups in total. The number of sulfonamides is 1. The summed E-state index contributed by atoms with van der Waals surface area (Å²) in [5, 5.41) is 5.18. The monoisotopic (exact) mass is 394 g/mol. The maximum absolute atomic E-state index is 12.6. The molecule has 5 nitrogen and oxygen atoms in total. The summed E-state index contributed by atoms with van der Waals surface area (Å²) < 4.78 is 26.6. The Morgan fingerprint density at radius 3 is 2.43 bits per heavy atom. The fourth-order valence-electron chi connectivity index (χ4n) is 3.02. The third-order valence-electron chi connectivity index (χ3n) is 4.48. The molecular weight excluding hydrogens is 372 g/mol. The lowest BCUT2D eigenvalue weighted by atomic mass is 9.99. The van der Waals surface area contributed by atoms with Crippen LogP contribution in [-0.4, -0.2) is 20.9 Å². The summed E-state index contributed by atoms with van der Waals surface area (Å²) in [5.41, 5.74) is 1.43. The predicted octanol–water partition coefficient (Wildman–Crippen LogP) is 3.80. The third kappa shape index (κ3) is 4.30. The van der Waals surface area contributed by atoms with Crippen LogP contribution in [0.5, 0.6) is 0 Å². The quantitative estimate of drug-likeness (QED) is 0.599. The SMILES string of the molecule is C=CCNS(=O)(=O)c1ccc(C(=O)NC(C)c2cccc3ccccc23)cc1. The molecule has 3 rings (SSSR count). The molecule has 0 aliphatic heterocycles. The van der Waals surface area contributed by atoms with E-state index in [0.29, 0.717) is 5.56 Å². The Labute approximate surface area is 165 Å². The Morgan fingerprint density at radius 2 is 1.71 bits per heavy atom. The first-order valence-corrected chi connectivity index (χ1v) is 10.4. The first-order chi connectivity index (χ1) is 13.4. The highest BCUT2D eigenvalue weighted by atomic mass is 32.2. The number of carbonyl (C=O) groups excluding carboxylic acids is 1. The van der Waals surface area contributed by atoms with Gasteiger partial charge in [-0.3, -0.25) is 4.79 Å². The third-order valence-corrected chi connectivity index (χ3v) is 5.92. The summed E-state index contributed by atoms with van der Waals surface area (Å²) in [6.07, 6.45) is 1.47. The normalized spacial score (nSPS) is 12.5. The zero-order valence-corrected chi connectivity index (χ0v) is 16.4. The van der Waals surface area contributed by atoms with Gasteiger partial charge in [0.05, 0.1) is 10.9 Å². The van der Waals surface area contributed by atoms with E-state index in [1.54, 1.807) is 0 Å². The Kier molecular flexibility index (Phi) is 5.92. The van der Waals surface area contributed by atoms with Crippen LogP contribution in [-0.2, 0) is 10.0 Å². The number of benzene rings is 3. The highest BCUT2D eigenvalue weighted by Crippen LogP contribution is 2.24. The zero-order valence-electron chi connectivity index (χ0n) is 15.6. The van der Waals surface area contributed by atoms with E-state index in [0.717, 1.165) is 16.3 Å². The molecule has 0 spiro atoms. The van der Waals surface area contributed by atoms with Crippen molar-refractivity contribution in [3.63, 3.8) is 0 Å². The second kappa shape index (κ2) is 8.37. The number of carbonyl (C=O) groups is 1. The van der Waals surface area contributed by atoms with Crippen molar-refractivity contribution in [2.75, 3.05) is 6.54 Å². The average Bonchev–Trinajstić information content (AvgIpc) is 2.72. The van der Waals surface area contributed by atoms with Crippen LogP contribution >= 0.6 is 0 Å². The Morgan fingerprint density at radius 1 is 1.04 bits per heavy atom. The van der Waals surface area contributed by atoms with Gasteiger partial charge in [-0.2, -0.15) is 0 Å². The van der Waals surface area contributed by atoms with Crippen LogP contribution in [0.25, 0.3) is 10.8 Å². The summed E-state index contributed by atoms with van der Waals surface area (Å²) in [7, 11) is -3.61. The molecule has 0 saturated carbocycles. The molecule has 3 aromatic carbocycles. The lowest BCUT2D eigenvalue weighted by Gasteiger charge is -2.17. The fourth-order valence-corrected chi connectivity index (χ4v) is 4.02. The van der Waals surface area contributed by atoms with E-state index in [2.05, 4.69) is 16.6 Å². The summed E-state index contributed by atoms with van der Waals surface area (Å²) in [5.74, 6) is -0.261. The van der Waals surface area contributed by atoms with E-state index in [1.165, 1.54) is 30.3 Å². The lowest BCUT2D eigenvalue weighted by Crippen LogP contribution is -2.27. The highest BCUT2D eigenvalue weighted by Gasteiger charge is 2.16. The lowest BCUT2D eigenvalue weighted by molar-refractivity contribution is 0.0940. The zero-order chi connectivity index (χ0) is 20.1. The molecule has 0 aliphatic carbocycles. The molecule has 0 heterocycles. The Balaban J connectivity index is 1.76. The second-order valence-electron chi connectivity index (χ2n) is 6.43. The minimum absolute atomic E-state index is 0.105. The molecule has 144 valence electrons. The topological polar surface area (TPSA) is 75.3 Å². The fraction of sp³-hybridized carbons (Fsp3) is 0.136. The van der Waals surface area contributed by atoms with Crippen LogP contribution < -0.4 is 10.0 Å². The summed E-state index contributed by atoms with van der Waals surface area (Å²) in [6, 6.07) is 19.7. The molecule has 3 aromatic rings. The van der Waals surface area contributed by atoms with E-state index in [4.69, 9.17) is 0 Å². The smallest absolute Gasteiger partial charge is 0.251 e. The molecule has 1 unspecified atom stereocenters. The van der Waals surface area contributed by atoms with Gasteiger partial charge in [0.1, 0.15) is 0 Å². The van der Waals surface area contributed by atoms with Crippen LogP contribution in [0.15, 0.2) is 84.3 Å². The van der Waals surface area contributed by atoms with Crippen molar-refractivity contribution in [1.29, 1.82) is 0 Å². The molecule has 28 heavy (non-hydrogen) atoms. The number of amides is 1. The van der Waals surface area contributed by atoms with E-state index < -0.39 is 10.0 Å². The van der Waals surface area contributed by atoms with Gasteiger partial charge < -0.3 is 5.32 Å². The maximum atomic E-state index is 12.6. The van der Waals surface area contributed by atoms with E-state index in [-0.39, 0.29) is 23.4 Å². The van der Waals surface area contributed by atoms with Crippen LogP contribution in [0.3, 0.4) is 0 Å². The van der Waals surface area contributed by atoms with E-state index in [1.807, 2.05) is 49.4 Å². The second-order valence-corrected chi connectivity index (χ2v) is 8.20. The summed E-state index contributed by atoms with van der Waals surface area (Å²) in [6.45, 7) is 5.56. The van der Waals surface area contributed by atoms with Gasteiger partial charge in [0.15, 0.2) is 0 Å². The number of rotatable bonds is 7. The van der Waals surface area contributed by atoms with Crippen LogP contribution in [0.2, 0.25) is 0 Å². The first-order valence-electron chi connectivity index (χ1n) is 8.91. The van der Waals surface area contributed by atoms with Crippen LogP contribution in [0.4, 0.5) is 0 Å².